The van der Waals surface area contributed by atoms with Crippen molar-refractivity contribution < 1.29 is 0 Å². The lowest BCUT2D eigenvalue weighted by Gasteiger charge is -2.23. The van der Waals surface area contributed by atoms with Crippen molar-refractivity contribution in [2.24, 2.45) is 0 Å². The number of hydrogen-bond acceptors (Lipinski definition) is 2. The SMILES string of the molecule is CC(C)(C)n1c(=O)c(=O)[nH]c2ccccc21. The Balaban J connectivity index is 3.05. The van der Waals surface area contributed by atoms with Gasteiger partial charge in [-0.2, -0.15) is 0 Å². The number of fused-ring (bicyclic) bond motifs is 1. The minimum Gasteiger partial charge on any atom is -0.316 e. The molecule has 0 aliphatic rings. The first-order chi connectivity index (χ1) is 7.41. The summed E-state index contributed by atoms with van der Waals surface area (Å²) in [5.41, 5.74) is -0.0632. The number of hydrogen-bond donors (Lipinski definition) is 1. The Labute approximate surface area is 92.5 Å². The van der Waals surface area contributed by atoms with Crippen molar-refractivity contribution in [3.05, 3.63) is 45.0 Å². The maximum atomic E-state index is 11.8. The van der Waals surface area contributed by atoms with E-state index in [-0.39, 0.29) is 0 Å². The molecular weight excluding hydrogens is 204 g/mol. The normalized spacial score (nSPS) is 11.9. The highest BCUT2D eigenvalue weighted by Gasteiger charge is 2.18. The Bertz CT molecular complexity index is 644. The summed E-state index contributed by atoms with van der Waals surface area (Å²) in [7, 11) is 0. The molecule has 1 aromatic heterocycles. The second-order valence-corrected chi connectivity index (χ2v) is 4.78. The monoisotopic (exact) mass is 218 g/mol. The zero-order valence-electron chi connectivity index (χ0n) is 9.57. The summed E-state index contributed by atoms with van der Waals surface area (Å²) in [5.74, 6) is 0. The van der Waals surface area contributed by atoms with Crippen LogP contribution in [0.15, 0.2) is 33.9 Å². The molecule has 0 radical (unpaired) electrons. The molecule has 0 saturated heterocycles. The molecule has 0 aliphatic heterocycles. The van der Waals surface area contributed by atoms with Crippen LogP contribution >= 0.6 is 0 Å². The van der Waals surface area contributed by atoms with Gasteiger partial charge in [-0.25, -0.2) is 0 Å². The molecule has 0 bridgehead atoms. The van der Waals surface area contributed by atoms with Crippen molar-refractivity contribution in [2.75, 3.05) is 0 Å². The van der Waals surface area contributed by atoms with Gasteiger partial charge in [0.15, 0.2) is 0 Å². The third kappa shape index (κ3) is 1.56. The minimum absolute atomic E-state index is 0.412. The number of aromatic amines is 1. The van der Waals surface area contributed by atoms with E-state index in [0.29, 0.717) is 5.52 Å². The van der Waals surface area contributed by atoms with Crippen LogP contribution in [0.5, 0.6) is 0 Å². The molecule has 4 nitrogen and oxygen atoms in total. The van der Waals surface area contributed by atoms with Gasteiger partial charge in [0.05, 0.1) is 11.0 Å². The van der Waals surface area contributed by atoms with E-state index in [1.807, 2.05) is 39.0 Å². The van der Waals surface area contributed by atoms with Gasteiger partial charge in [-0.15, -0.1) is 0 Å². The molecule has 1 N–H and O–H groups in total. The maximum absolute atomic E-state index is 11.8. The largest absolute Gasteiger partial charge is 0.317 e. The van der Waals surface area contributed by atoms with Gasteiger partial charge in [-0.1, -0.05) is 12.1 Å². The van der Waals surface area contributed by atoms with Crippen molar-refractivity contribution in [3.8, 4) is 0 Å². The van der Waals surface area contributed by atoms with Gasteiger partial charge in [0.2, 0.25) is 0 Å². The Hall–Kier alpha value is -1.84. The number of benzene rings is 1. The van der Waals surface area contributed by atoms with Crippen LogP contribution in [0.1, 0.15) is 20.8 Å². The van der Waals surface area contributed by atoms with Crippen LogP contribution in [0.2, 0.25) is 0 Å². The topological polar surface area (TPSA) is 54.9 Å². The quantitative estimate of drug-likeness (QED) is 0.680. The van der Waals surface area contributed by atoms with Crippen LogP contribution in [0.3, 0.4) is 0 Å². The lowest BCUT2D eigenvalue weighted by atomic mass is 10.1. The predicted molar refractivity (Wildman–Crippen MR) is 63.8 cm³/mol. The van der Waals surface area contributed by atoms with Crippen LogP contribution in [0.4, 0.5) is 0 Å². The standard InChI is InChI=1S/C12H14N2O2/c1-12(2,3)14-9-7-5-4-6-8(9)13-10(15)11(14)16/h4-7H,1-3H3,(H,13,15). The molecule has 0 spiro atoms. The van der Waals surface area contributed by atoms with E-state index in [2.05, 4.69) is 4.98 Å². The first-order valence-corrected chi connectivity index (χ1v) is 5.16. The average Bonchev–Trinajstić information content (AvgIpc) is 2.17. The molecule has 0 amide bonds. The van der Waals surface area contributed by atoms with Gasteiger partial charge in [-0.3, -0.25) is 14.2 Å². The molecule has 16 heavy (non-hydrogen) atoms. The van der Waals surface area contributed by atoms with Gasteiger partial charge in [0.25, 0.3) is 0 Å². The second-order valence-electron chi connectivity index (χ2n) is 4.78. The Kier molecular flexibility index (Phi) is 2.22. The van der Waals surface area contributed by atoms with E-state index in [1.54, 1.807) is 6.07 Å². The van der Waals surface area contributed by atoms with E-state index in [9.17, 15) is 9.59 Å². The molecule has 2 rings (SSSR count). The first-order valence-electron chi connectivity index (χ1n) is 5.16. The molecule has 1 heterocycles. The number of H-pyrrole nitrogens is 1. The van der Waals surface area contributed by atoms with Crippen LogP contribution in [0.25, 0.3) is 11.0 Å². The number of nitrogens with one attached hydrogen (secondary N) is 1. The van der Waals surface area contributed by atoms with Crippen LogP contribution < -0.4 is 11.1 Å². The van der Waals surface area contributed by atoms with E-state index < -0.39 is 16.7 Å². The molecular formula is C12H14N2O2. The van der Waals surface area contributed by atoms with Gasteiger partial charge in [0.1, 0.15) is 0 Å². The highest BCUT2D eigenvalue weighted by Crippen LogP contribution is 2.16. The molecule has 0 aliphatic carbocycles. The average molecular weight is 218 g/mol. The molecule has 0 saturated carbocycles. The van der Waals surface area contributed by atoms with Gasteiger partial charge in [0, 0.05) is 5.54 Å². The summed E-state index contributed by atoms with van der Waals surface area (Å²) >= 11 is 0. The summed E-state index contributed by atoms with van der Waals surface area (Å²) < 4.78 is 1.53. The van der Waals surface area contributed by atoms with Crippen molar-refractivity contribution in [1.82, 2.24) is 9.55 Å². The molecule has 4 heteroatoms. The van der Waals surface area contributed by atoms with E-state index in [0.717, 1.165) is 5.52 Å². The summed E-state index contributed by atoms with van der Waals surface area (Å²) in [5, 5.41) is 0. The van der Waals surface area contributed by atoms with Crippen molar-refractivity contribution in [1.29, 1.82) is 0 Å². The molecule has 0 atom stereocenters. The number of aromatic nitrogens is 2. The Morgan fingerprint density at radius 2 is 1.75 bits per heavy atom. The summed E-state index contributed by atoms with van der Waals surface area (Å²) in [6.45, 7) is 5.71. The molecule has 1 aromatic carbocycles. The zero-order valence-corrected chi connectivity index (χ0v) is 9.57. The van der Waals surface area contributed by atoms with Crippen molar-refractivity contribution in [3.63, 3.8) is 0 Å². The lowest BCUT2D eigenvalue weighted by molar-refractivity contribution is 0.395. The van der Waals surface area contributed by atoms with Gasteiger partial charge >= 0.3 is 11.1 Å². The second kappa shape index (κ2) is 3.33. The zero-order chi connectivity index (χ0) is 11.9. The van der Waals surface area contributed by atoms with Gasteiger partial charge in [-0.05, 0) is 32.9 Å². The first kappa shape index (κ1) is 10.7. The van der Waals surface area contributed by atoms with Crippen LogP contribution in [0, 0.1) is 0 Å². The molecule has 0 fully saturated rings. The molecule has 2 aromatic rings. The fraction of sp³-hybridized carbons (Fsp3) is 0.333. The number of nitrogens with zero attached hydrogens (tertiary/aromatic N) is 1. The summed E-state index contributed by atoms with van der Waals surface area (Å²) in [4.78, 5) is 25.9. The molecule has 0 unspecified atom stereocenters. The van der Waals surface area contributed by atoms with Crippen LogP contribution in [-0.2, 0) is 5.54 Å². The number of rotatable bonds is 0. The maximum Gasteiger partial charge on any atom is 0.317 e. The Morgan fingerprint density at radius 1 is 1.12 bits per heavy atom. The minimum atomic E-state index is -0.575. The predicted octanol–water partition coefficient (Wildman–Crippen LogP) is 1.44. The Morgan fingerprint density at radius 3 is 2.38 bits per heavy atom. The third-order valence-corrected chi connectivity index (χ3v) is 2.46. The van der Waals surface area contributed by atoms with Crippen LogP contribution in [-0.4, -0.2) is 9.55 Å². The van der Waals surface area contributed by atoms with E-state index in [4.69, 9.17) is 0 Å². The summed E-state index contributed by atoms with van der Waals surface area (Å²) in [6, 6.07) is 7.30. The molecule has 84 valence electrons. The van der Waals surface area contributed by atoms with E-state index >= 15 is 0 Å². The lowest BCUT2D eigenvalue weighted by Crippen LogP contribution is -2.43. The van der Waals surface area contributed by atoms with Gasteiger partial charge < -0.3 is 4.98 Å². The number of para-hydroxylation sites is 2. The van der Waals surface area contributed by atoms with Crippen molar-refractivity contribution in [2.45, 2.75) is 26.3 Å². The highest BCUT2D eigenvalue weighted by molar-refractivity contribution is 5.74. The highest BCUT2D eigenvalue weighted by atomic mass is 16.2. The fourth-order valence-corrected chi connectivity index (χ4v) is 1.83. The third-order valence-electron chi connectivity index (χ3n) is 2.46. The fourth-order valence-electron chi connectivity index (χ4n) is 1.83. The smallest absolute Gasteiger partial charge is 0.316 e. The van der Waals surface area contributed by atoms with E-state index in [1.165, 1.54) is 4.57 Å². The van der Waals surface area contributed by atoms with Crippen molar-refractivity contribution >= 4 is 11.0 Å². The summed E-state index contributed by atoms with van der Waals surface area (Å²) in [6.07, 6.45) is 0.